The highest BCUT2D eigenvalue weighted by Gasteiger charge is 2.46. The predicted molar refractivity (Wildman–Crippen MR) is 157 cm³/mol. The molecule has 6 rings (SSSR count). The molecule has 2 fully saturated rings. The van der Waals surface area contributed by atoms with Gasteiger partial charge in [0.15, 0.2) is 0 Å². The summed E-state index contributed by atoms with van der Waals surface area (Å²) >= 11 is 0. The van der Waals surface area contributed by atoms with Gasteiger partial charge >= 0.3 is 0 Å². The van der Waals surface area contributed by atoms with Crippen LogP contribution in [0.2, 0.25) is 0 Å². The van der Waals surface area contributed by atoms with Crippen LogP contribution in [0, 0.1) is 5.92 Å². The van der Waals surface area contributed by atoms with Crippen LogP contribution in [0.25, 0.3) is 27.6 Å². The third kappa shape index (κ3) is 6.18. The maximum atomic E-state index is 13.4. The molecule has 2 aromatic carbocycles. The first kappa shape index (κ1) is 28.5. The van der Waals surface area contributed by atoms with Crippen molar-refractivity contribution in [3.05, 3.63) is 83.7 Å². The third-order valence-electron chi connectivity index (χ3n) is 7.53. The number of carbonyl (C=O) groups excluding carboxylic acids is 1. The minimum absolute atomic E-state index is 0.386. The molecule has 2 saturated heterocycles. The van der Waals surface area contributed by atoms with Crippen LogP contribution in [0.4, 0.5) is 8.78 Å². The van der Waals surface area contributed by atoms with Crippen LogP contribution in [0.15, 0.2) is 72.6 Å². The van der Waals surface area contributed by atoms with Gasteiger partial charge in [-0.15, -0.1) is 0 Å². The average Bonchev–Trinajstić information content (AvgIpc) is 3.25. The first-order valence-electron chi connectivity index (χ1n) is 13.8. The van der Waals surface area contributed by atoms with E-state index in [1.807, 2.05) is 48.5 Å². The second-order valence-corrected chi connectivity index (χ2v) is 10.8. The van der Waals surface area contributed by atoms with Gasteiger partial charge in [0.25, 0.3) is 11.8 Å². The van der Waals surface area contributed by atoms with Crippen LogP contribution in [0.1, 0.15) is 35.7 Å². The van der Waals surface area contributed by atoms with Crippen molar-refractivity contribution in [1.82, 2.24) is 19.5 Å². The maximum absolute atomic E-state index is 13.4. The van der Waals surface area contributed by atoms with E-state index in [1.54, 1.807) is 32.3 Å². The summed E-state index contributed by atoms with van der Waals surface area (Å²) in [5.41, 5.74) is 11.1. The first-order chi connectivity index (χ1) is 19.6. The van der Waals surface area contributed by atoms with Crippen molar-refractivity contribution in [2.24, 2.45) is 17.5 Å². The second-order valence-electron chi connectivity index (χ2n) is 10.8. The van der Waals surface area contributed by atoms with Crippen molar-refractivity contribution in [1.29, 1.82) is 0 Å². The van der Waals surface area contributed by atoms with Crippen molar-refractivity contribution in [2.45, 2.75) is 32.2 Å². The fourth-order valence-corrected chi connectivity index (χ4v) is 5.53. The fourth-order valence-electron chi connectivity index (χ4n) is 5.53. The molecule has 4 aromatic rings. The zero-order valence-electron chi connectivity index (χ0n) is 23.4. The molecule has 2 aromatic heterocycles. The van der Waals surface area contributed by atoms with E-state index in [0.717, 1.165) is 60.1 Å². The molecule has 0 atom stereocenters. The lowest BCUT2D eigenvalue weighted by Crippen LogP contribution is -2.58. The zero-order chi connectivity index (χ0) is 29.1. The van der Waals surface area contributed by atoms with E-state index < -0.39 is 19.0 Å². The number of nitrogens with zero attached hydrogens (tertiary/aromatic N) is 4. The second kappa shape index (κ2) is 11.8. The summed E-state index contributed by atoms with van der Waals surface area (Å²) in [6.07, 6.45) is 3.62. The first-order valence-corrected chi connectivity index (χ1v) is 13.8. The van der Waals surface area contributed by atoms with Crippen LogP contribution >= 0.6 is 0 Å². The van der Waals surface area contributed by atoms with Crippen molar-refractivity contribution >= 4 is 33.5 Å². The molecule has 0 spiro atoms. The molecule has 0 aliphatic carbocycles. The van der Waals surface area contributed by atoms with Crippen LogP contribution in [-0.2, 0) is 11.3 Å². The lowest BCUT2D eigenvalue weighted by molar-refractivity contribution is -0.113. The number of ether oxygens (including phenoxy) is 1. The summed E-state index contributed by atoms with van der Waals surface area (Å²) in [5.74, 6) is 3.26. The normalized spacial score (nSPS) is 17.4. The van der Waals surface area contributed by atoms with E-state index in [9.17, 15) is 13.6 Å². The Hall–Kier alpha value is -4.02. The number of hydrogen-bond acceptors (Lipinski definition) is 6. The van der Waals surface area contributed by atoms with Gasteiger partial charge in [-0.25, -0.2) is 14.6 Å². The van der Waals surface area contributed by atoms with E-state index in [2.05, 4.69) is 4.57 Å². The van der Waals surface area contributed by atoms with Gasteiger partial charge in [-0.05, 0) is 49.9 Å². The molecule has 0 saturated carbocycles. The Kier molecular flexibility index (Phi) is 8.23. The summed E-state index contributed by atoms with van der Waals surface area (Å²) in [7, 11) is 1.73. The SMILES string of the molecule is C/C(N)=C(\c1cnc2c3ccc(C(=O)N4CC(F)(F)C4)cc3n(CC3CCOCC3)c2c1)N(C)N.c1ccccc1. The standard InChI is InChI=1S/C25H30F2N6O2.C6H6/c1-15(28)23(31(2)29)18-10-21-22(30-11-18)19-4-3-17(24(34)32-13-25(26,27)14-32)9-20(19)33(21)12-16-5-7-35-8-6-16;1-2-4-6-5-3-1/h3-4,9-11,16H,5-8,12-14,28-29H2,1-2H3;1-6H/b23-15-;. The topological polar surface area (TPSA) is 103 Å². The maximum Gasteiger partial charge on any atom is 0.282 e. The Morgan fingerprint density at radius 3 is 2.22 bits per heavy atom. The van der Waals surface area contributed by atoms with Gasteiger partial charge in [-0.2, -0.15) is 0 Å². The summed E-state index contributed by atoms with van der Waals surface area (Å²) in [4.78, 5) is 18.8. The number of carbonyl (C=O) groups is 1. The number of rotatable bonds is 5. The molecule has 0 bridgehead atoms. The largest absolute Gasteiger partial charge is 0.401 e. The van der Waals surface area contributed by atoms with Gasteiger partial charge in [0.2, 0.25) is 0 Å². The van der Waals surface area contributed by atoms with Crippen molar-refractivity contribution in [3.8, 4) is 0 Å². The molecule has 216 valence electrons. The molecule has 1 amide bonds. The highest BCUT2D eigenvalue weighted by molar-refractivity contribution is 6.09. The average molecular weight is 563 g/mol. The molecule has 2 aliphatic heterocycles. The predicted octanol–water partition coefficient (Wildman–Crippen LogP) is 4.85. The molecule has 0 radical (unpaired) electrons. The summed E-state index contributed by atoms with van der Waals surface area (Å²) in [5, 5.41) is 2.38. The fraction of sp³-hybridized carbons (Fsp3) is 0.355. The number of allylic oxidation sites excluding steroid dienone is 1. The molecule has 0 unspecified atom stereocenters. The van der Waals surface area contributed by atoms with Gasteiger partial charge in [0.05, 0.1) is 35.3 Å². The molecule has 8 nitrogen and oxygen atoms in total. The number of hydrazine groups is 1. The number of aromatic nitrogens is 2. The number of pyridine rings is 1. The molecular weight excluding hydrogens is 526 g/mol. The van der Waals surface area contributed by atoms with E-state index in [0.29, 0.717) is 22.9 Å². The number of halogens is 2. The number of benzene rings is 2. The van der Waals surface area contributed by atoms with Crippen LogP contribution in [0.3, 0.4) is 0 Å². The number of alkyl halides is 2. The van der Waals surface area contributed by atoms with Crippen molar-refractivity contribution in [3.63, 3.8) is 0 Å². The number of fused-ring (bicyclic) bond motifs is 3. The molecule has 4 N–H and O–H groups in total. The molecule has 4 heterocycles. The van der Waals surface area contributed by atoms with E-state index >= 15 is 0 Å². The zero-order valence-corrected chi connectivity index (χ0v) is 23.4. The Morgan fingerprint density at radius 1 is 1.05 bits per heavy atom. The van der Waals surface area contributed by atoms with Gasteiger partial charge in [-0.1, -0.05) is 36.4 Å². The van der Waals surface area contributed by atoms with E-state index in [-0.39, 0.29) is 5.91 Å². The van der Waals surface area contributed by atoms with Gasteiger partial charge in [0, 0.05) is 55.2 Å². The smallest absolute Gasteiger partial charge is 0.282 e. The Morgan fingerprint density at radius 2 is 1.66 bits per heavy atom. The summed E-state index contributed by atoms with van der Waals surface area (Å²) < 4.78 is 34.4. The van der Waals surface area contributed by atoms with Gasteiger partial charge < -0.3 is 24.9 Å². The lowest BCUT2D eigenvalue weighted by atomic mass is 10.00. The number of hydrogen-bond donors (Lipinski definition) is 2. The Bertz CT molecular complexity index is 1520. The molecule has 10 heteroatoms. The lowest BCUT2D eigenvalue weighted by Gasteiger charge is -2.38. The van der Waals surface area contributed by atoms with Gasteiger partial charge in [-0.3, -0.25) is 9.78 Å². The van der Waals surface area contributed by atoms with Crippen molar-refractivity contribution in [2.75, 3.05) is 33.4 Å². The van der Waals surface area contributed by atoms with Crippen molar-refractivity contribution < 1.29 is 18.3 Å². The molecule has 2 aliphatic rings. The number of amides is 1. The Balaban J connectivity index is 0.000000500. The van der Waals surface area contributed by atoms with Crippen LogP contribution in [-0.4, -0.2) is 64.6 Å². The highest BCUT2D eigenvalue weighted by atomic mass is 19.3. The highest BCUT2D eigenvalue weighted by Crippen LogP contribution is 2.34. The Labute approximate surface area is 238 Å². The molecular formula is C31H36F2N6O2. The molecule has 41 heavy (non-hydrogen) atoms. The van der Waals surface area contributed by atoms with Crippen LogP contribution < -0.4 is 11.6 Å². The monoisotopic (exact) mass is 562 g/mol. The summed E-state index contributed by atoms with van der Waals surface area (Å²) in [6, 6.07) is 19.4. The number of likely N-dealkylation sites (tertiary alicyclic amines) is 1. The number of nitrogens with two attached hydrogens (primary N) is 2. The van der Waals surface area contributed by atoms with E-state index in [1.165, 1.54) is 9.91 Å². The third-order valence-corrected chi connectivity index (χ3v) is 7.53. The minimum Gasteiger partial charge on any atom is -0.401 e. The summed E-state index contributed by atoms with van der Waals surface area (Å²) in [6.45, 7) is 2.87. The van der Waals surface area contributed by atoms with Crippen LogP contribution in [0.5, 0.6) is 0 Å². The van der Waals surface area contributed by atoms with E-state index in [4.69, 9.17) is 21.3 Å². The minimum atomic E-state index is -2.81. The quantitative estimate of drug-likeness (QED) is 0.266. The van der Waals surface area contributed by atoms with Gasteiger partial charge in [0.1, 0.15) is 0 Å².